The SMILES string of the molecule is CCCCCCOc1cc(F)cc([N+](=O)[O-])c1. The van der Waals surface area contributed by atoms with Crippen LogP contribution in [0.5, 0.6) is 5.75 Å². The van der Waals surface area contributed by atoms with Gasteiger partial charge in [0.05, 0.1) is 23.7 Å². The molecule has 0 bridgehead atoms. The zero-order chi connectivity index (χ0) is 12.7. The van der Waals surface area contributed by atoms with Gasteiger partial charge in [0, 0.05) is 6.07 Å². The van der Waals surface area contributed by atoms with E-state index in [9.17, 15) is 14.5 Å². The lowest BCUT2D eigenvalue weighted by Crippen LogP contribution is -1.99. The minimum Gasteiger partial charge on any atom is -0.493 e. The first-order chi connectivity index (χ1) is 8.13. The molecule has 0 radical (unpaired) electrons. The number of hydrogen-bond acceptors (Lipinski definition) is 3. The first kappa shape index (κ1) is 13.4. The van der Waals surface area contributed by atoms with E-state index in [-0.39, 0.29) is 11.4 Å². The van der Waals surface area contributed by atoms with Crippen molar-refractivity contribution in [2.75, 3.05) is 6.61 Å². The van der Waals surface area contributed by atoms with Gasteiger partial charge in [-0.1, -0.05) is 26.2 Å². The molecule has 1 aromatic carbocycles. The highest BCUT2D eigenvalue weighted by Gasteiger charge is 2.10. The summed E-state index contributed by atoms with van der Waals surface area (Å²) in [5.41, 5.74) is -0.284. The van der Waals surface area contributed by atoms with Gasteiger partial charge in [0.1, 0.15) is 11.6 Å². The molecule has 1 rings (SSSR count). The Morgan fingerprint density at radius 3 is 2.71 bits per heavy atom. The normalized spacial score (nSPS) is 10.2. The smallest absolute Gasteiger partial charge is 0.276 e. The number of non-ortho nitro benzene ring substituents is 1. The molecule has 0 atom stereocenters. The van der Waals surface area contributed by atoms with Gasteiger partial charge in [-0.2, -0.15) is 0 Å². The molecule has 0 N–H and O–H groups in total. The third-order valence-electron chi connectivity index (χ3n) is 2.33. The Bertz CT molecular complexity index is 382. The summed E-state index contributed by atoms with van der Waals surface area (Å²) in [7, 11) is 0. The second-order valence-corrected chi connectivity index (χ2v) is 3.81. The molecule has 0 heterocycles. The first-order valence-corrected chi connectivity index (χ1v) is 5.71. The maximum Gasteiger partial charge on any atom is 0.276 e. The Morgan fingerprint density at radius 2 is 2.06 bits per heavy atom. The summed E-state index contributed by atoms with van der Waals surface area (Å²) in [5.74, 6) is -0.434. The lowest BCUT2D eigenvalue weighted by molar-refractivity contribution is -0.385. The molecule has 0 aliphatic carbocycles. The van der Waals surface area contributed by atoms with Crippen LogP contribution in [0.2, 0.25) is 0 Å². The highest BCUT2D eigenvalue weighted by Crippen LogP contribution is 2.22. The average molecular weight is 241 g/mol. The van der Waals surface area contributed by atoms with Crippen LogP contribution in [0, 0.1) is 15.9 Å². The van der Waals surface area contributed by atoms with E-state index in [1.807, 2.05) is 0 Å². The van der Waals surface area contributed by atoms with Crippen LogP contribution in [0.15, 0.2) is 18.2 Å². The van der Waals surface area contributed by atoms with Crippen molar-refractivity contribution in [2.45, 2.75) is 32.6 Å². The highest BCUT2D eigenvalue weighted by molar-refractivity contribution is 5.38. The first-order valence-electron chi connectivity index (χ1n) is 5.71. The van der Waals surface area contributed by atoms with Gasteiger partial charge in [-0.25, -0.2) is 4.39 Å². The van der Waals surface area contributed by atoms with Gasteiger partial charge in [0.15, 0.2) is 0 Å². The molecule has 17 heavy (non-hydrogen) atoms. The van der Waals surface area contributed by atoms with Crippen LogP contribution >= 0.6 is 0 Å². The summed E-state index contributed by atoms with van der Waals surface area (Å²) >= 11 is 0. The van der Waals surface area contributed by atoms with E-state index in [2.05, 4.69) is 6.92 Å². The number of nitro benzene ring substituents is 1. The monoisotopic (exact) mass is 241 g/mol. The van der Waals surface area contributed by atoms with Crippen molar-refractivity contribution in [3.8, 4) is 5.75 Å². The summed E-state index contributed by atoms with van der Waals surface area (Å²) in [6, 6.07) is 3.28. The van der Waals surface area contributed by atoms with Crippen molar-refractivity contribution in [3.63, 3.8) is 0 Å². The lowest BCUT2D eigenvalue weighted by atomic mass is 10.2. The standard InChI is InChI=1S/C12H16FNO3/c1-2-3-4-5-6-17-12-8-10(13)7-11(9-12)14(15)16/h7-9H,2-6H2,1H3. The molecule has 0 saturated heterocycles. The minimum absolute atomic E-state index is 0.216. The number of rotatable bonds is 7. The maximum absolute atomic E-state index is 13.0. The minimum atomic E-state index is -0.650. The molecule has 4 nitrogen and oxygen atoms in total. The Kier molecular flexibility index (Phi) is 5.39. The lowest BCUT2D eigenvalue weighted by Gasteiger charge is -2.05. The van der Waals surface area contributed by atoms with Gasteiger partial charge >= 0.3 is 0 Å². The van der Waals surface area contributed by atoms with E-state index in [0.29, 0.717) is 6.61 Å². The maximum atomic E-state index is 13.0. The van der Waals surface area contributed by atoms with E-state index >= 15 is 0 Å². The Morgan fingerprint density at radius 1 is 1.29 bits per heavy atom. The third-order valence-corrected chi connectivity index (χ3v) is 2.33. The van der Waals surface area contributed by atoms with Crippen LogP contribution in [-0.4, -0.2) is 11.5 Å². The molecule has 0 fully saturated rings. The fourth-order valence-corrected chi connectivity index (χ4v) is 1.46. The molecule has 0 aliphatic rings. The Hall–Kier alpha value is -1.65. The molecule has 0 aliphatic heterocycles. The highest BCUT2D eigenvalue weighted by atomic mass is 19.1. The molecule has 0 amide bonds. The fraction of sp³-hybridized carbons (Fsp3) is 0.500. The largest absolute Gasteiger partial charge is 0.493 e. The van der Waals surface area contributed by atoms with Gasteiger partial charge in [-0.3, -0.25) is 10.1 Å². The van der Waals surface area contributed by atoms with E-state index in [4.69, 9.17) is 4.74 Å². The predicted octanol–water partition coefficient (Wildman–Crippen LogP) is 3.69. The second kappa shape index (κ2) is 6.83. The summed E-state index contributed by atoms with van der Waals surface area (Å²) in [6.07, 6.45) is 4.18. The number of hydrogen-bond donors (Lipinski definition) is 0. The van der Waals surface area contributed by atoms with Crippen LogP contribution in [0.1, 0.15) is 32.6 Å². The van der Waals surface area contributed by atoms with Crippen LogP contribution in [0.3, 0.4) is 0 Å². The number of nitrogens with zero attached hydrogens (tertiary/aromatic N) is 1. The fourth-order valence-electron chi connectivity index (χ4n) is 1.46. The van der Waals surface area contributed by atoms with Gasteiger partial charge in [-0.15, -0.1) is 0 Å². The third kappa shape index (κ3) is 4.80. The van der Waals surface area contributed by atoms with E-state index in [1.165, 1.54) is 6.07 Å². The summed E-state index contributed by atoms with van der Waals surface area (Å²) in [5, 5.41) is 10.5. The van der Waals surface area contributed by atoms with E-state index in [0.717, 1.165) is 37.8 Å². The topological polar surface area (TPSA) is 52.4 Å². The van der Waals surface area contributed by atoms with Crippen molar-refractivity contribution in [1.29, 1.82) is 0 Å². The van der Waals surface area contributed by atoms with E-state index < -0.39 is 10.7 Å². The average Bonchev–Trinajstić information content (AvgIpc) is 2.28. The molecule has 5 heteroatoms. The molecular weight excluding hydrogens is 225 g/mol. The number of benzene rings is 1. The van der Waals surface area contributed by atoms with Crippen molar-refractivity contribution in [3.05, 3.63) is 34.1 Å². The van der Waals surface area contributed by atoms with E-state index in [1.54, 1.807) is 0 Å². The summed E-state index contributed by atoms with van der Waals surface area (Å²) in [6.45, 7) is 2.57. The Balaban J connectivity index is 2.50. The van der Waals surface area contributed by atoms with Gasteiger partial charge in [0.25, 0.3) is 5.69 Å². The quantitative estimate of drug-likeness (QED) is 0.415. The van der Waals surface area contributed by atoms with Gasteiger partial charge in [0.2, 0.25) is 0 Å². The molecule has 0 aromatic heterocycles. The van der Waals surface area contributed by atoms with Crippen molar-refractivity contribution >= 4 is 5.69 Å². The van der Waals surface area contributed by atoms with Crippen LogP contribution in [-0.2, 0) is 0 Å². The molecule has 1 aromatic rings. The van der Waals surface area contributed by atoms with Crippen LogP contribution < -0.4 is 4.74 Å². The van der Waals surface area contributed by atoms with Crippen LogP contribution in [0.25, 0.3) is 0 Å². The van der Waals surface area contributed by atoms with Crippen molar-refractivity contribution in [1.82, 2.24) is 0 Å². The van der Waals surface area contributed by atoms with Crippen LogP contribution in [0.4, 0.5) is 10.1 Å². The number of ether oxygens (including phenoxy) is 1. The zero-order valence-corrected chi connectivity index (χ0v) is 9.82. The number of halogens is 1. The molecule has 94 valence electrons. The van der Waals surface area contributed by atoms with Gasteiger partial charge in [-0.05, 0) is 6.42 Å². The Labute approximate surface area is 99.6 Å². The predicted molar refractivity (Wildman–Crippen MR) is 62.7 cm³/mol. The number of nitro groups is 1. The van der Waals surface area contributed by atoms with Crippen molar-refractivity contribution in [2.24, 2.45) is 0 Å². The molecule has 0 saturated carbocycles. The molecule has 0 spiro atoms. The van der Waals surface area contributed by atoms with Crippen molar-refractivity contribution < 1.29 is 14.1 Å². The zero-order valence-electron chi connectivity index (χ0n) is 9.82. The summed E-state index contributed by atoms with van der Waals surface area (Å²) < 4.78 is 18.3. The second-order valence-electron chi connectivity index (χ2n) is 3.81. The number of unbranched alkanes of at least 4 members (excludes halogenated alkanes) is 3. The van der Waals surface area contributed by atoms with Gasteiger partial charge < -0.3 is 4.74 Å². The summed E-state index contributed by atoms with van der Waals surface area (Å²) in [4.78, 5) is 9.87. The molecular formula is C12H16FNO3. The molecule has 0 unspecified atom stereocenters.